The van der Waals surface area contributed by atoms with E-state index in [1.807, 2.05) is 30.3 Å². The molecule has 0 saturated heterocycles. The maximum absolute atomic E-state index is 13.5. The summed E-state index contributed by atoms with van der Waals surface area (Å²) in [5.41, 5.74) is 2.62. The maximum atomic E-state index is 13.5. The minimum atomic E-state index is -0.188. The van der Waals surface area contributed by atoms with Gasteiger partial charge in [-0.3, -0.25) is 14.3 Å². The summed E-state index contributed by atoms with van der Waals surface area (Å²) < 4.78 is 12.0. The molecule has 0 spiro atoms. The largest absolute Gasteiger partial charge is 0.436 e. The molecule has 8 nitrogen and oxygen atoms in total. The fraction of sp³-hybridized carbons (Fsp3) is 0.0400. The Morgan fingerprint density at radius 3 is 2.53 bits per heavy atom. The number of hydrogen-bond donors (Lipinski definition) is 1. The van der Waals surface area contributed by atoms with Crippen molar-refractivity contribution in [2.45, 2.75) is 6.54 Å². The number of benzene rings is 2. The first-order chi connectivity index (χ1) is 16.7. The zero-order valence-corrected chi connectivity index (χ0v) is 18.5. The van der Waals surface area contributed by atoms with Crippen molar-refractivity contribution in [3.05, 3.63) is 113 Å². The zero-order chi connectivity index (χ0) is 23.3. The fourth-order valence-corrected chi connectivity index (χ4v) is 3.47. The van der Waals surface area contributed by atoms with Gasteiger partial charge in [-0.25, -0.2) is 4.98 Å². The lowest BCUT2D eigenvalue weighted by molar-refractivity contribution is 0.367. The van der Waals surface area contributed by atoms with Crippen molar-refractivity contribution in [1.82, 2.24) is 19.7 Å². The van der Waals surface area contributed by atoms with E-state index in [2.05, 4.69) is 20.4 Å². The smallest absolute Gasteiger partial charge is 0.263 e. The van der Waals surface area contributed by atoms with Gasteiger partial charge in [0.1, 0.15) is 12.0 Å². The van der Waals surface area contributed by atoms with E-state index in [1.165, 1.54) is 6.26 Å². The molecule has 1 N–H and O–H groups in total. The van der Waals surface area contributed by atoms with Crippen LogP contribution in [0.3, 0.4) is 0 Å². The third-order valence-electron chi connectivity index (χ3n) is 5.02. The van der Waals surface area contributed by atoms with E-state index in [0.717, 1.165) is 11.3 Å². The molecular weight excluding hydrogens is 454 g/mol. The van der Waals surface area contributed by atoms with Gasteiger partial charge in [0.15, 0.2) is 0 Å². The van der Waals surface area contributed by atoms with Gasteiger partial charge in [0, 0.05) is 40.9 Å². The van der Waals surface area contributed by atoms with Crippen LogP contribution in [0, 0.1) is 0 Å². The number of rotatable bonds is 7. The van der Waals surface area contributed by atoms with Crippen LogP contribution in [0.4, 0.5) is 11.6 Å². The molecule has 0 saturated carbocycles. The quantitative estimate of drug-likeness (QED) is 0.333. The van der Waals surface area contributed by atoms with E-state index >= 15 is 0 Å². The van der Waals surface area contributed by atoms with Crippen molar-refractivity contribution in [3.8, 4) is 22.8 Å². The highest BCUT2D eigenvalue weighted by molar-refractivity contribution is 6.30. The molecule has 2 aromatic carbocycles. The Hall–Kier alpha value is -4.43. The second kappa shape index (κ2) is 9.60. The summed E-state index contributed by atoms with van der Waals surface area (Å²) in [6, 6.07) is 19.8. The molecule has 5 aromatic rings. The molecule has 0 radical (unpaired) electrons. The van der Waals surface area contributed by atoms with E-state index in [4.69, 9.17) is 20.9 Å². The van der Waals surface area contributed by atoms with Gasteiger partial charge in [0.25, 0.3) is 11.4 Å². The molecule has 9 heteroatoms. The highest BCUT2D eigenvalue weighted by Gasteiger charge is 2.13. The minimum Gasteiger partial charge on any atom is -0.436 e. The Bertz CT molecular complexity index is 1440. The van der Waals surface area contributed by atoms with E-state index < -0.39 is 0 Å². The second-order valence-corrected chi connectivity index (χ2v) is 7.78. The number of aromatic nitrogens is 4. The van der Waals surface area contributed by atoms with Gasteiger partial charge in [-0.1, -0.05) is 29.8 Å². The number of pyridine rings is 1. The monoisotopic (exact) mass is 471 g/mol. The summed E-state index contributed by atoms with van der Waals surface area (Å²) in [5, 5.41) is 7.59. The average Bonchev–Trinajstić information content (AvgIpc) is 3.37. The topological polar surface area (TPSA) is 95.1 Å². The molecule has 3 aromatic heterocycles. The van der Waals surface area contributed by atoms with Crippen LogP contribution in [0.25, 0.3) is 11.1 Å². The second-order valence-electron chi connectivity index (χ2n) is 7.34. The summed E-state index contributed by atoms with van der Waals surface area (Å²) in [5.74, 6) is 1.36. The maximum Gasteiger partial charge on any atom is 0.263 e. The van der Waals surface area contributed by atoms with E-state index in [-0.39, 0.29) is 5.56 Å². The first-order valence-electron chi connectivity index (χ1n) is 10.4. The molecule has 0 amide bonds. The van der Waals surface area contributed by atoms with Gasteiger partial charge in [-0.05, 0) is 53.2 Å². The molecule has 34 heavy (non-hydrogen) atoms. The van der Waals surface area contributed by atoms with Gasteiger partial charge in [-0.2, -0.15) is 0 Å². The van der Waals surface area contributed by atoms with Crippen LogP contribution in [0.5, 0.6) is 11.6 Å². The van der Waals surface area contributed by atoms with Crippen LogP contribution < -0.4 is 15.6 Å². The molecule has 3 heterocycles. The van der Waals surface area contributed by atoms with Gasteiger partial charge >= 0.3 is 0 Å². The van der Waals surface area contributed by atoms with Crippen LogP contribution in [0.15, 0.2) is 101 Å². The van der Waals surface area contributed by atoms with E-state index in [0.29, 0.717) is 40.3 Å². The number of ether oxygens (including phenoxy) is 1. The van der Waals surface area contributed by atoms with Crippen molar-refractivity contribution in [2.24, 2.45) is 0 Å². The lowest BCUT2D eigenvalue weighted by atomic mass is 10.1. The van der Waals surface area contributed by atoms with Crippen LogP contribution in [0.2, 0.25) is 5.02 Å². The van der Waals surface area contributed by atoms with Gasteiger partial charge in [0.2, 0.25) is 5.95 Å². The highest BCUT2D eigenvalue weighted by Crippen LogP contribution is 2.24. The first-order valence-corrected chi connectivity index (χ1v) is 10.7. The minimum absolute atomic E-state index is 0.188. The van der Waals surface area contributed by atoms with Gasteiger partial charge < -0.3 is 14.6 Å². The first kappa shape index (κ1) is 21.4. The standard InChI is InChI=1S/C25H18ClN5O3/c26-19-5-3-17(4-6-19)16-31-24(32)22(18-2-1-12-27-14-18)15-28-25(31)29-20-7-9-21(10-8-20)34-23-11-13-33-30-23/h1-15H,16H2,(H,28,29). The number of halogens is 1. The Balaban J connectivity index is 1.47. The lowest BCUT2D eigenvalue weighted by Gasteiger charge is -2.15. The van der Waals surface area contributed by atoms with Crippen molar-refractivity contribution >= 4 is 23.2 Å². The Kier molecular flexibility index (Phi) is 6.05. The van der Waals surface area contributed by atoms with Crippen molar-refractivity contribution < 1.29 is 9.26 Å². The molecule has 0 aliphatic carbocycles. The van der Waals surface area contributed by atoms with Crippen molar-refractivity contribution in [3.63, 3.8) is 0 Å². The average molecular weight is 472 g/mol. The normalized spacial score (nSPS) is 10.7. The Morgan fingerprint density at radius 1 is 1.00 bits per heavy atom. The molecule has 0 aliphatic heterocycles. The lowest BCUT2D eigenvalue weighted by Crippen LogP contribution is -2.25. The molecule has 0 unspecified atom stereocenters. The zero-order valence-electron chi connectivity index (χ0n) is 17.8. The SMILES string of the molecule is O=c1c(-c2cccnc2)cnc(Nc2ccc(Oc3ccon3)cc2)n1Cc1ccc(Cl)cc1. The molecule has 0 bridgehead atoms. The summed E-state index contributed by atoms with van der Waals surface area (Å²) in [6.45, 7) is 0.312. The van der Waals surface area contributed by atoms with Crippen LogP contribution in [-0.4, -0.2) is 19.7 Å². The summed E-state index contributed by atoms with van der Waals surface area (Å²) >= 11 is 6.03. The third-order valence-corrected chi connectivity index (χ3v) is 5.27. The van der Waals surface area contributed by atoms with Crippen molar-refractivity contribution in [1.29, 1.82) is 0 Å². The van der Waals surface area contributed by atoms with Gasteiger partial charge in [0.05, 0.1) is 12.1 Å². The number of nitrogens with one attached hydrogen (secondary N) is 1. The highest BCUT2D eigenvalue weighted by atomic mass is 35.5. The summed E-state index contributed by atoms with van der Waals surface area (Å²) in [4.78, 5) is 22.2. The van der Waals surface area contributed by atoms with E-state index in [1.54, 1.807) is 59.6 Å². The van der Waals surface area contributed by atoms with Crippen LogP contribution in [-0.2, 0) is 6.54 Å². The number of anilines is 2. The molecule has 0 aliphatic rings. The molecule has 5 rings (SSSR count). The predicted molar refractivity (Wildman–Crippen MR) is 129 cm³/mol. The third kappa shape index (κ3) is 4.82. The van der Waals surface area contributed by atoms with Crippen LogP contribution in [0.1, 0.15) is 5.56 Å². The van der Waals surface area contributed by atoms with Gasteiger partial charge in [-0.15, -0.1) is 0 Å². The molecule has 0 fully saturated rings. The van der Waals surface area contributed by atoms with E-state index in [9.17, 15) is 4.79 Å². The van der Waals surface area contributed by atoms with Crippen molar-refractivity contribution in [2.75, 3.05) is 5.32 Å². The van der Waals surface area contributed by atoms with Crippen LogP contribution >= 0.6 is 11.6 Å². The fourth-order valence-electron chi connectivity index (χ4n) is 3.34. The Labute approximate surface area is 199 Å². The number of nitrogens with zero attached hydrogens (tertiary/aromatic N) is 4. The predicted octanol–water partition coefficient (Wildman–Crippen LogP) is 5.53. The summed E-state index contributed by atoms with van der Waals surface area (Å²) in [6.07, 6.45) is 6.30. The molecule has 168 valence electrons. The summed E-state index contributed by atoms with van der Waals surface area (Å²) in [7, 11) is 0. The Morgan fingerprint density at radius 2 is 1.82 bits per heavy atom. The number of hydrogen-bond acceptors (Lipinski definition) is 7. The molecular formula is C25H18ClN5O3. The molecule has 0 atom stereocenters.